The highest BCUT2D eigenvalue weighted by atomic mass is 19.4. The maximum atomic E-state index is 13.1. The van der Waals surface area contributed by atoms with E-state index in [-0.39, 0.29) is 42.6 Å². The SMILES string of the molecule is COC(=O)c1cnc(-c2ccc(C(F)(F)F)nc2)cc1CCC(=O)[C@@H]1[C@H](O)CCN1C(=O)OC(C)(C)C. The highest BCUT2D eigenvalue weighted by molar-refractivity contribution is 5.92. The van der Waals surface area contributed by atoms with Gasteiger partial charge >= 0.3 is 18.2 Å². The maximum absolute atomic E-state index is 13.1. The van der Waals surface area contributed by atoms with Crippen LogP contribution in [0.25, 0.3) is 11.3 Å². The molecule has 0 saturated carbocycles. The van der Waals surface area contributed by atoms with Crippen molar-refractivity contribution in [3.63, 3.8) is 0 Å². The molecule has 2 aromatic heterocycles. The van der Waals surface area contributed by atoms with Crippen LogP contribution in [0.4, 0.5) is 18.0 Å². The van der Waals surface area contributed by atoms with E-state index in [9.17, 15) is 32.7 Å². The molecule has 0 radical (unpaired) electrons. The van der Waals surface area contributed by atoms with Gasteiger partial charge in [-0.3, -0.25) is 19.7 Å². The summed E-state index contributed by atoms with van der Waals surface area (Å²) in [5, 5.41) is 10.4. The number of ether oxygens (including phenoxy) is 2. The predicted octanol–water partition coefficient (Wildman–Crippen LogP) is 3.82. The third kappa shape index (κ3) is 6.82. The summed E-state index contributed by atoms with van der Waals surface area (Å²) in [6.45, 7) is 5.22. The smallest absolute Gasteiger partial charge is 0.433 e. The molecule has 1 saturated heterocycles. The van der Waals surface area contributed by atoms with Crippen molar-refractivity contribution in [1.82, 2.24) is 14.9 Å². The molecule has 0 unspecified atom stereocenters. The summed E-state index contributed by atoms with van der Waals surface area (Å²) in [6.07, 6.45) is -4.03. The summed E-state index contributed by atoms with van der Waals surface area (Å²) in [7, 11) is 1.18. The van der Waals surface area contributed by atoms with Gasteiger partial charge in [0.1, 0.15) is 17.3 Å². The van der Waals surface area contributed by atoms with Crippen molar-refractivity contribution >= 4 is 17.8 Å². The molecule has 1 N–H and O–H groups in total. The number of hydrogen-bond acceptors (Lipinski definition) is 8. The second-order valence-electron chi connectivity index (χ2n) is 9.59. The van der Waals surface area contributed by atoms with Crippen LogP contribution in [0.3, 0.4) is 0 Å². The third-order valence-electron chi connectivity index (χ3n) is 5.71. The Kier molecular flexibility index (Phi) is 8.21. The molecule has 0 aromatic carbocycles. The summed E-state index contributed by atoms with van der Waals surface area (Å²) in [5.41, 5.74) is -0.880. The van der Waals surface area contributed by atoms with Crippen LogP contribution in [0.2, 0.25) is 0 Å². The Morgan fingerprint density at radius 2 is 1.84 bits per heavy atom. The number of Topliss-reactive ketones (excluding diaryl/α,β-unsaturated/α-hetero) is 1. The fourth-order valence-corrected chi connectivity index (χ4v) is 3.96. The third-order valence-corrected chi connectivity index (χ3v) is 5.71. The Balaban J connectivity index is 1.83. The molecule has 9 nitrogen and oxygen atoms in total. The zero-order valence-electron chi connectivity index (χ0n) is 20.8. The van der Waals surface area contributed by atoms with Crippen LogP contribution in [0.15, 0.2) is 30.6 Å². The van der Waals surface area contributed by atoms with Crippen LogP contribution < -0.4 is 0 Å². The average molecular weight is 524 g/mol. The molecule has 1 aliphatic rings. The number of methoxy groups -OCH3 is 1. The number of halogens is 3. The number of aliphatic hydroxyl groups is 1. The van der Waals surface area contributed by atoms with Gasteiger partial charge in [0.2, 0.25) is 0 Å². The largest absolute Gasteiger partial charge is 0.465 e. The van der Waals surface area contributed by atoms with Crippen molar-refractivity contribution in [3.8, 4) is 11.3 Å². The highest BCUT2D eigenvalue weighted by Gasteiger charge is 2.42. The van der Waals surface area contributed by atoms with E-state index in [2.05, 4.69) is 9.97 Å². The van der Waals surface area contributed by atoms with Crippen molar-refractivity contribution in [1.29, 1.82) is 0 Å². The minimum atomic E-state index is -4.59. The second-order valence-corrected chi connectivity index (χ2v) is 9.59. The number of carbonyl (C=O) groups excluding carboxylic acids is 3. The number of amides is 1. The minimum absolute atomic E-state index is 0.0260. The summed E-state index contributed by atoms with van der Waals surface area (Å²) < 4.78 is 48.7. The molecule has 1 aliphatic heterocycles. The van der Waals surface area contributed by atoms with Crippen LogP contribution in [0, 0.1) is 0 Å². The lowest BCUT2D eigenvalue weighted by Crippen LogP contribution is -2.47. The van der Waals surface area contributed by atoms with Crippen molar-refractivity contribution < 1.29 is 42.1 Å². The van der Waals surface area contributed by atoms with E-state index < -0.39 is 47.5 Å². The van der Waals surface area contributed by atoms with Crippen molar-refractivity contribution in [3.05, 3.63) is 47.4 Å². The molecule has 37 heavy (non-hydrogen) atoms. The molecule has 0 bridgehead atoms. The molecule has 2 atom stereocenters. The Labute approximate surface area is 211 Å². The summed E-state index contributed by atoms with van der Waals surface area (Å²) in [5.74, 6) is -1.13. The van der Waals surface area contributed by atoms with Gasteiger partial charge in [0.05, 0.1) is 24.5 Å². The second kappa shape index (κ2) is 10.8. The normalized spacial score (nSPS) is 18.0. The van der Waals surface area contributed by atoms with Crippen LogP contribution >= 0.6 is 0 Å². The number of likely N-dealkylation sites (tertiary alicyclic amines) is 1. The molecule has 12 heteroatoms. The fraction of sp³-hybridized carbons (Fsp3) is 0.480. The van der Waals surface area contributed by atoms with Gasteiger partial charge in [-0.25, -0.2) is 9.59 Å². The van der Waals surface area contributed by atoms with Gasteiger partial charge in [-0.2, -0.15) is 13.2 Å². The Hall–Kier alpha value is -3.54. The topological polar surface area (TPSA) is 119 Å². The lowest BCUT2D eigenvalue weighted by molar-refractivity contribution is -0.141. The average Bonchev–Trinajstić information content (AvgIpc) is 3.22. The van der Waals surface area contributed by atoms with E-state index in [4.69, 9.17) is 9.47 Å². The fourth-order valence-electron chi connectivity index (χ4n) is 3.96. The predicted molar refractivity (Wildman–Crippen MR) is 124 cm³/mol. The van der Waals surface area contributed by atoms with E-state index >= 15 is 0 Å². The molecule has 3 heterocycles. The molecule has 200 valence electrons. The number of esters is 1. The zero-order chi connectivity index (χ0) is 27.5. The number of pyridine rings is 2. The quantitative estimate of drug-likeness (QED) is 0.568. The van der Waals surface area contributed by atoms with Crippen molar-refractivity contribution in [2.24, 2.45) is 0 Å². The van der Waals surface area contributed by atoms with Crippen LogP contribution in [0.5, 0.6) is 0 Å². The number of aryl methyl sites for hydroxylation is 1. The van der Waals surface area contributed by atoms with E-state index in [1.807, 2.05) is 0 Å². The Morgan fingerprint density at radius 3 is 2.41 bits per heavy atom. The molecule has 2 aromatic rings. The molecular weight excluding hydrogens is 495 g/mol. The van der Waals surface area contributed by atoms with Crippen LogP contribution in [0.1, 0.15) is 55.2 Å². The number of ketones is 1. The van der Waals surface area contributed by atoms with E-state index in [0.29, 0.717) is 5.56 Å². The number of aliphatic hydroxyl groups excluding tert-OH is 1. The van der Waals surface area contributed by atoms with E-state index in [0.717, 1.165) is 12.3 Å². The summed E-state index contributed by atoms with van der Waals surface area (Å²) >= 11 is 0. The van der Waals surface area contributed by atoms with E-state index in [1.54, 1.807) is 20.8 Å². The monoisotopic (exact) mass is 523 g/mol. The highest BCUT2D eigenvalue weighted by Crippen LogP contribution is 2.29. The number of nitrogens with zero attached hydrogens (tertiary/aromatic N) is 3. The lowest BCUT2D eigenvalue weighted by Gasteiger charge is -2.28. The van der Waals surface area contributed by atoms with Gasteiger partial charge in [0.15, 0.2) is 5.78 Å². The zero-order valence-corrected chi connectivity index (χ0v) is 20.8. The summed E-state index contributed by atoms with van der Waals surface area (Å²) in [6, 6.07) is 2.40. The first-order valence-electron chi connectivity index (χ1n) is 11.5. The van der Waals surface area contributed by atoms with Crippen molar-refractivity contribution in [2.75, 3.05) is 13.7 Å². The number of aromatic nitrogens is 2. The van der Waals surface area contributed by atoms with Gasteiger partial charge in [0, 0.05) is 30.9 Å². The molecule has 1 amide bonds. The maximum Gasteiger partial charge on any atom is 0.433 e. The first kappa shape index (κ1) is 28.0. The van der Waals surface area contributed by atoms with Gasteiger partial charge in [-0.1, -0.05) is 0 Å². The molecule has 0 spiro atoms. The van der Waals surface area contributed by atoms with Gasteiger partial charge in [-0.15, -0.1) is 0 Å². The van der Waals surface area contributed by atoms with Crippen LogP contribution in [-0.2, 0) is 26.9 Å². The van der Waals surface area contributed by atoms with E-state index in [1.165, 1.54) is 30.3 Å². The van der Waals surface area contributed by atoms with Gasteiger partial charge < -0.3 is 14.6 Å². The van der Waals surface area contributed by atoms with Gasteiger partial charge in [0.25, 0.3) is 0 Å². The minimum Gasteiger partial charge on any atom is -0.465 e. The molecule has 3 rings (SSSR count). The Morgan fingerprint density at radius 1 is 1.14 bits per heavy atom. The first-order valence-corrected chi connectivity index (χ1v) is 11.5. The van der Waals surface area contributed by atoms with Crippen molar-refractivity contribution in [2.45, 2.75) is 64.0 Å². The standard InChI is InChI=1S/C25H28F3N3O6/c1-24(2,3)37-23(35)31-10-9-19(33)21(31)18(32)7-5-14-11-17(29-13-16(14)22(34)36-4)15-6-8-20(30-12-15)25(26,27)28/h6,8,11-13,19,21,33H,5,7,9-10H2,1-4H3/t19-,21-/m1/s1. The first-order chi connectivity index (χ1) is 17.2. The van der Waals surface area contributed by atoms with Crippen LogP contribution in [-0.4, -0.2) is 69.2 Å². The number of hydrogen-bond donors (Lipinski definition) is 1. The molecule has 0 aliphatic carbocycles. The number of alkyl halides is 3. The number of carbonyl (C=O) groups is 3. The summed E-state index contributed by atoms with van der Waals surface area (Å²) in [4.78, 5) is 46.7. The molecular formula is C25H28F3N3O6. The number of rotatable bonds is 6. The Bertz CT molecular complexity index is 1160. The molecule has 1 fully saturated rings. The van der Waals surface area contributed by atoms with Gasteiger partial charge in [-0.05, 0) is 57.4 Å². The lowest BCUT2D eigenvalue weighted by atomic mass is 9.97.